The molecule has 0 spiro atoms. The third-order valence-corrected chi connectivity index (χ3v) is 8.17. The number of rotatable bonds is 11. The third-order valence-electron chi connectivity index (χ3n) is 6.40. The van der Waals surface area contributed by atoms with Crippen LogP contribution in [0.4, 0.5) is 5.69 Å². The van der Waals surface area contributed by atoms with Gasteiger partial charge in [-0.3, -0.25) is 13.9 Å². The molecule has 10 heteroatoms. The van der Waals surface area contributed by atoms with Crippen LogP contribution < -0.4 is 19.1 Å². The number of sulfonamides is 1. The number of carbonyl (C=O) groups is 2. The van der Waals surface area contributed by atoms with Gasteiger partial charge < -0.3 is 19.7 Å². The summed E-state index contributed by atoms with van der Waals surface area (Å²) >= 11 is 0. The molecular formula is C28H31N3O6S. The van der Waals surface area contributed by atoms with Crippen molar-refractivity contribution in [2.24, 2.45) is 0 Å². The maximum Gasteiger partial charge on any atom is 0.264 e. The Balaban J connectivity index is 1.58. The van der Waals surface area contributed by atoms with E-state index in [1.54, 1.807) is 30.3 Å². The van der Waals surface area contributed by atoms with E-state index in [0.29, 0.717) is 25.3 Å². The van der Waals surface area contributed by atoms with Crippen molar-refractivity contribution >= 4 is 27.5 Å². The molecule has 3 aromatic carbocycles. The number of hydrogen-bond acceptors (Lipinski definition) is 6. The van der Waals surface area contributed by atoms with E-state index in [-0.39, 0.29) is 28.8 Å². The van der Waals surface area contributed by atoms with Gasteiger partial charge in [0.1, 0.15) is 18.0 Å². The van der Waals surface area contributed by atoms with Crippen molar-refractivity contribution in [3.8, 4) is 11.5 Å². The average Bonchev–Trinajstić information content (AvgIpc) is 3.35. The van der Waals surface area contributed by atoms with E-state index in [9.17, 15) is 18.0 Å². The van der Waals surface area contributed by atoms with Crippen molar-refractivity contribution in [3.05, 3.63) is 83.9 Å². The molecule has 0 aliphatic carbocycles. The summed E-state index contributed by atoms with van der Waals surface area (Å²) in [5.41, 5.74) is 1.97. The molecule has 3 aromatic rings. The number of ether oxygens (including phenoxy) is 2. The molecule has 0 radical (unpaired) electrons. The fourth-order valence-corrected chi connectivity index (χ4v) is 5.80. The zero-order valence-electron chi connectivity index (χ0n) is 21.4. The maximum atomic E-state index is 13.7. The molecule has 200 valence electrons. The smallest absolute Gasteiger partial charge is 0.264 e. The summed E-state index contributed by atoms with van der Waals surface area (Å²) in [7, 11) is -1.22. The molecule has 0 aromatic heterocycles. The largest absolute Gasteiger partial charge is 0.497 e. The first-order chi connectivity index (χ1) is 18.3. The predicted octanol–water partition coefficient (Wildman–Crippen LogP) is 3.34. The van der Waals surface area contributed by atoms with Crippen LogP contribution in [0.25, 0.3) is 0 Å². The van der Waals surface area contributed by atoms with Crippen LogP contribution in [0.5, 0.6) is 11.5 Å². The van der Waals surface area contributed by atoms with Crippen LogP contribution in [0, 0.1) is 0 Å². The molecule has 38 heavy (non-hydrogen) atoms. The number of methoxy groups -OCH3 is 2. The monoisotopic (exact) mass is 537 g/mol. The minimum atomic E-state index is -4.13. The first-order valence-electron chi connectivity index (χ1n) is 12.2. The molecule has 1 N–H and O–H groups in total. The Kier molecular flexibility index (Phi) is 8.52. The fourth-order valence-electron chi connectivity index (χ4n) is 4.35. The molecule has 2 amide bonds. The summed E-state index contributed by atoms with van der Waals surface area (Å²) in [5.74, 6) is 0.317. The van der Waals surface area contributed by atoms with Gasteiger partial charge in [-0.05, 0) is 41.8 Å². The molecule has 0 unspecified atom stereocenters. The van der Waals surface area contributed by atoms with Gasteiger partial charge in [-0.25, -0.2) is 8.42 Å². The van der Waals surface area contributed by atoms with Gasteiger partial charge in [-0.2, -0.15) is 0 Å². The van der Waals surface area contributed by atoms with Gasteiger partial charge >= 0.3 is 0 Å². The van der Waals surface area contributed by atoms with E-state index in [2.05, 4.69) is 5.32 Å². The van der Waals surface area contributed by atoms with Crippen molar-refractivity contribution < 1.29 is 27.5 Å². The van der Waals surface area contributed by atoms with Gasteiger partial charge in [-0.1, -0.05) is 42.5 Å². The van der Waals surface area contributed by atoms with Crippen LogP contribution in [0.15, 0.2) is 77.7 Å². The quantitative estimate of drug-likeness (QED) is 0.402. The molecule has 9 nitrogen and oxygen atoms in total. The van der Waals surface area contributed by atoms with Crippen molar-refractivity contribution in [1.29, 1.82) is 0 Å². The van der Waals surface area contributed by atoms with Gasteiger partial charge in [0, 0.05) is 32.1 Å². The Morgan fingerprint density at radius 1 is 0.974 bits per heavy atom. The second-order valence-corrected chi connectivity index (χ2v) is 10.7. The van der Waals surface area contributed by atoms with E-state index in [0.717, 1.165) is 21.9 Å². The van der Waals surface area contributed by atoms with E-state index < -0.39 is 22.5 Å². The van der Waals surface area contributed by atoms with E-state index in [1.807, 2.05) is 29.2 Å². The number of anilines is 1. The van der Waals surface area contributed by atoms with Crippen molar-refractivity contribution in [1.82, 2.24) is 10.2 Å². The first kappa shape index (κ1) is 27.0. The first-order valence-corrected chi connectivity index (χ1v) is 13.7. The average molecular weight is 538 g/mol. The number of nitrogens with zero attached hydrogens (tertiary/aromatic N) is 2. The Labute approximate surface area is 223 Å². The Morgan fingerprint density at radius 3 is 2.34 bits per heavy atom. The van der Waals surface area contributed by atoms with Gasteiger partial charge in [0.15, 0.2) is 0 Å². The maximum absolute atomic E-state index is 13.7. The van der Waals surface area contributed by atoms with Crippen molar-refractivity contribution in [2.75, 3.05) is 31.6 Å². The molecule has 0 atom stereocenters. The lowest BCUT2D eigenvalue weighted by Crippen LogP contribution is -2.41. The van der Waals surface area contributed by atoms with Gasteiger partial charge in [0.2, 0.25) is 11.8 Å². The molecule has 1 saturated heterocycles. The van der Waals surface area contributed by atoms with Crippen LogP contribution in [0.2, 0.25) is 0 Å². The molecule has 0 saturated carbocycles. The SMILES string of the molecule is COc1ccc(OC)c(N(CC(=O)NCc2ccccc2CN2CCCC2=O)S(=O)(=O)c2ccccc2)c1. The highest BCUT2D eigenvalue weighted by Gasteiger charge is 2.30. The normalized spacial score (nSPS) is 13.3. The van der Waals surface area contributed by atoms with Gasteiger partial charge in [0.25, 0.3) is 10.0 Å². The minimum absolute atomic E-state index is 0.0401. The predicted molar refractivity (Wildman–Crippen MR) is 143 cm³/mol. The highest BCUT2D eigenvalue weighted by Crippen LogP contribution is 2.35. The van der Waals surface area contributed by atoms with Gasteiger partial charge in [-0.15, -0.1) is 0 Å². The standard InChI is InChI=1S/C28H31N3O6S/c1-36-23-14-15-26(37-2)25(17-23)31(38(34,35)24-11-4-3-5-12-24)20-27(32)29-18-21-9-6-7-10-22(21)19-30-16-8-13-28(30)33/h3-7,9-12,14-15,17H,8,13,16,18-20H2,1-2H3,(H,29,32). The second kappa shape index (κ2) is 12.0. The molecule has 1 aliphatic rings. The zero-order valence-corrected chi connectivity index (χ0v) is 22.2. The minimum Gasteiger partial charge on any atom is -0.497 e. The molecule has 1 aliphatic heterocycles. The number of amides is 2. The molecule has 0 bridgehead atoms. The van der Waals surface area contributed by atoms with Crippen molar-refractivity contribution in [3.63, 3.8) is 0 Å². The van der Waals surface area contributed by atoms with Gasteiger partial charge in [0.05, 0.1) is 24.8 Å². The Morgan fingerprint density at radius 2 is 1.68 bits per heavy atom. The summed E-state index contributed by atoms with van der Waals surface area (Å²) in [6, 6.07) is 20.3. The van der Waals surface area contributed by atoms with Crippen LogP contribution in [-0.2, 0) is 32.7 Å². The lowest BCUT2D eigenvalue weighted by atomic mass is 10.1. The summed E-state index contributed by atoms with van der Waals surface area (Å²) in [5, 5.41) is 2.84. The highest BCUT2D eigenvalue weighted by molar-refractivity contribution is 7.92. The summed E-state index contributed by atoms with van der Waals surface area (Å²) < 4.78 is 39.2. The Hall–Kier alpha value is -4.05. The van der Waals surface area contributed by atoms with Crippen LogP contribution in [0.3, 0.4) is 0 Å². The number of likely N-dealkylation sites (tertiary alicyclic amines) is 1. The molecular weight excluding hydrogens is 506 g/mol. The summed E-state index contributed by atoms with van der Waals surface area (Å²) in [4.78, 5) is 27.1. The fraction of sp³-hybridized carbons (Fsp3) is 0.286. The summed E-state index contributed by atoms with van der Waals surface area (Å²) in [6.07, 6.45) is 1.40. The molecule has 1 heterocycles. The van der Waals surface area contributed by atoms with E-state index in [1.165, 1.54) is 32.4 Å². The molecule has 1 fully saturated rings. The van der Waals surface area contributed by atoms with Crippen LogP contribution in [0.1, 0.15) is 24.0 Å². The summed E-state index contributed by atoms with van der Waals surface area (Å²) in [6.45, 7) is 0.896. The van der Waals surface area contributed by atoms with E-state index >= 15 is 0 Å². The lowest BCUT2D eigenvalue weighted by Gasteiger charge is -2.26. The number of nitrogens with one attached hydrogen (secondary N) is 1. The lowest BCUT2D eigenvalue weighted by molar-refractivity contribution is -0.128. The van der Waals surface area contributed by atoms with Crippen molar-refractivity contribution in [2.45, 2.75) is 30.8 Å². The highest BCUT2D eigenvalue weighted by atomic mass is 32.2. The number of hydrogen-bond donors (Lipinski definition) is 1. The molecule has 4 rings (SSSR count). The van der Waals surface area contributed by atoms with Crippen LogP contribution in [-0.4, -0.2) is 52.4 Å². The Bertz CT molecular complexity index is 1390. The second-order valence-electron chi connectivity index (χ2n) is 8.83. The number of benzene rings is 3. The number of carbonyl (C=O) groups excluding carboxylic acids is 2. The van der Waals surface area contributed by atoms with E-state index in [4.69, 9.17) is 9.47 Å². The van der Waals surface area contributed by atoms with Crippen LogP contribution >= 0.6 is 0 Å². The third kappa shape index (κ3) is 6.08. The zero-order chi connectivity index (χ0) is 27.1. The topological polar surface area (TPSA) is 105 Å².